The van der Waals surface area contributed by atoms with E-state index < -0.39 is 0 Å². The van der Waals surface area contributed by atoms with Gasteiger partial charge in [0.2, 0.25) is 0 Å². The molecule has 0 saturated heterocycles. The van der Waals surface area contributed by atoms with Crippen LogP contribution in [0.4, 0.5) is 0 Å². The monoisotopic (exact) mass is 379 g/mol. The number of halogens is 1. The van der Waals surface area contributed by atoms with E-state index in [1.54, 1.807) is 15.6 Å². The van der Waals surface area contributed by atoms with Gasteiger partial charge >= 0.3 is 0 Å². The van der Waals surface area contributed by atoms with Gasteiger partial charge < -0.3 is 0 Å². The van der Waals surface area contributed by atoms with E-state index in [1.165, 1.54) is 11.1 Å². The number of nitrogens with zero attached hydrogens (tertiary/aromatic N) is 5. The summed E-state index contributed by atoms with van der Waals surface area (Å²) in [4.78, 5) is 17.2. The first-order valence-corrected chi connectivity index (χ1v) is 8.99. The van der Waals surface area contributed by atoms with Crippen molar-refractivity contribution < 1.29 is 0 Å². The van der Waals surface area contributed by atoms with Crippen LogP contribution in [0.5, 0.6) is 0 Å². The fraction of sp³-hybridized carbons (Fsp3) is 0.200. The first kappa shape index (κ1) is 17.4. The summed E-state index contributed by atoms with van der Waals surface area (Å²) in [6.07, 6.45) is 1.55. The summed E-state index contributed by atoms with van der Waals surface area (Å²) >= 11 is 6.22. The molecule has 4 aromatic rings. The van der Waals surface area contributed by atoms with E-state index in [0.29, 0.717) is 23.8 Å². The summed E-state index contributed by atoms with van der Waals surface area (Å²) in [6, 6.07) is 13.7. The second kappa shape index (κ2) is 6.96. The first-order valence-electron chi connectivity index (χ1n) is 8.61. The van der Waals surface area contributed by atoms with Crippen LogP contribution in [-0.4, -0.2) is 24.5 Å². The Morgan fingerprint density at radius 2 is 1.85 bits per heavy atom. The maximum Gasteiger partial charge on any atom is 0.283 e. The fourth-order valence-electron chi connectivity index (χ4n) is 2.99. The summed E-state index contributed by atoms with van der Waals surface area (Å²) in [7, 11) is 0. The summed E-state index contributed by atoms with van der Waals surface area (Å²) in [6.45, 7) is 4.98. The molecule has 2 aromatic heterocycles. The van der Waals surface area contributed by atoms with Crippen molar-refractivity contribution in [3.8, 4) is 0 Å². The highest BCUT2D eigenvalue weighted by atomic mass is 35.5. The number of benzene rings is 2. The Bertz CT molecular complexity index is 1190. The molecule has 0 saturated carbocycles. The molecule has 0 aliphatic heterocycles. The van der Waals surface area contributed by atoms with Crippen molar-refractivity contribution in [2.24, 2.45) is 0 Å². The van der Waals surface area contributed by atoms with Gasteiger partial charge in [-0.15, -0.1) is 5.10 Å². The molecule has 0 aliphatic carbocycles. The third kappa shape index (κ3) is 3.36. The van der Waals surface area contributed by atoms with Crippen LogP contribution < -0.4 is 5.56 Å². The Morgan fingerprint density at radius 3 is 2.63 bits per heavy atom. The minimum absolute atomic E-state index is 0.205. The molecule has 7 heteroatoms. The molecule has 6 nitrogen and oxygen atoms in total. The van der Waals surface area contributed by atoms with E-state index in [1.807, 2.05) is 30.3 Å². The van der Waals surface area contributed by atoms with E-state index in [2.05, 4.69) is 41.3 Å². The minimum Gasteiger partial charge on any atom is -0.293 e. The molecule has 0 amide bonds. The number of hydrogen-bond donors (Lipinski definition) is 0. The summed E-state index contributed by atoms with van der Waals surface area (Å²) in [5.41, 5.74) is 4.87. The molecular formula is C20H18ClN5O. The van der Waals surface area contributed by atoms with Gasteiger partial charge in [-0.1, -0.05) is 53.2 Å². The largest absolute Gasteiger partial charge is 0.293 e. The zero-order chi connectivity index (χ0) is 19.0. The van der Waals surface area contributed by atoms with Crippen molar-refractivity contribution in [2.75, 3.05) is 0 Å². The number of aryl methyl sites for hydroxylation is 2. The lowest BCUT2D eigenvalue weighted by Crippen LogP contribution is -2.21. The Hall–Kier alpha value is -2.99. The average molecular weight is 380 g/mol. The molecule has 2 heterocycles. The Balaban J connectivity index is 1.68. The van der Waals surface area contributed by atoms with Crippen LogP contribution in [-0.2, 0) is 13.1 Å². The second-order valence-electron chi connectivity index (χ2n) is 6.61. The van der Waals surface area contributed by atoms with Crippen LogP contribution in [0.1, 0.15) is 22.3 Å². The predicted octanol–water partition coefficient (Wildman–Crippen LogP) is 3.35. The zero-order valence-corrected chi connectivity index (χ0v) is 15.8. The number of hydrogen-bond acceptors (Lipinski definition) is 4. The Morgan fingerprint density at radius 1 is 1.04 bits per heavy atom. The molecule has 0 aliphatic rings. The van der Waals surface area contributed by atoms with Crippen LogP contribution in [0.2, 0.25) is 5.02 Å². The molecule has 0 unspecified atom stereocenters. The van der Waals surface area contributed by atoms with Crippen LogP contribution in [0.15, 0.2) is 53.6 Å². The van der Waals surface area contributed by atoms with Crippen molar-refractivity contribution in [1.29, 1.82) is 0 Å². The maximum atomic E-state index is 12.8. The van der Waals surface area contributed by atoms with Crippen LogP contribution >= 0.6 is 11.6 Å². The average Bonchev–Trinajstić information content (AvgIpc) is 3.06. The highest BCUT2D eigenvalue weighted by Crippen LogP contribution is 2.17. The molecule has 27 heavy (non-hydrogen) atoms. The number of rotatable bonds is 4. The van der Waals surface area contributed by atoms with E-state index in [9.17, 15) is 4.79 Å². The Labute approximate surface area is 161 Å². The third-order valence-electron chi connectivity index (χ3n) is 4.69. The molecule has 0 fully saturated rings. The lowest BCUT2D eigenvalue weighted by atomic mass is 10.1. The topological polar surface area (TPSA) is 65.6 Å². The number of fused-ring (bicyclic) bond motifs is 1. The quantitative estimate of drug-likeness (QED) is 0.545. The van der Waals surface area contributed by atoms with Gasteiger partial charge in [0.05, 0.1) is 13.1 Å². The zero-order valence-electron chi connectivity index (χ0n) is 15.1. The van der Waals surface area contributed by atoms with Gasteiger partial charge in [0.15, 0.2) is 11.2 Å². The van der Waals surface area contributed by atoms with Gasteiger partial charge in [-0.3, -0.25) is 9.36 Å². The molecule has 4 rings (SSSR count). The lowest BCUT2D eigenvalue weighted by Gasteiger charge is -2.08. The second-order valence-corrected chi connectivity index (χ2v) is 7.01. The van der Waals surface area contributed by atoms with E-state index in [-0.39, 0.29) is 11.1 Å². The van der Waals surface area contributed by atoms with E-state index >= 15 is 0 Å². The van der Waals surface area contributed by atoms with Crippen molar-refractivity contribution in [3.63, 3.8) is 0 Å². The van der Waals surface area contributed by atoms with Crippen molar-refractivity contribution >= 4 is 22.8 Å². The molecule has 0 atom stereocenters. The van der Waals surface area contributed by atoms with Crippen molar-refractivity contribution in [3.05, 3.63) is 86.4 Å². The number of aromatic nitrogens is 5. The van der Waals surface area contributed by atoms with Crippen LogP contribution in [0, 0.1) is 13.8 Å². The molecular weight excluding hydrogens is 362 g/mol. The van der Waals surface area contributed by atoms with Gasteiger partial charge in [-0.25, -0.2) is 9.67 Å². The SMILES string of the molecule is Cc1ccc(Cn2cnc3c(nnn3Cc3ccccc3Cl)c2=O)cc1C. The van der Waals surface area contributed by atoms with Gasteiger partial charge in [0, 0.05) is 5.02 Å². The summed E-state index contributed by atoms with van der Waals surface area (Å²) < 4.78 is 3.15. The third-order valence-corrected chi connectivity index (χ3v) is 5.06. The van der Waals surface area contributed by atoms with Gasteiger partial charge in [0.25, 0.3) is 5.56 Å². The first-order chi connectivity index (χ1) is 13.0. The lowest BCUT2D eigenvalue weighted by molar-refractivity contribution is 0.663. The van der Waals surface area contributed by atoms with Crippen LogP contribution in [0.25, 0.3) is 11.2 Å². The molecule has 0 N–H and O–H groups in total. The fourth-order valence-corrected chi connectivity index (χ4v) is 3.19. The van der Waals surface area contributed by atoms with Crippen molar-refractivity contribution in [1.82, 2.24) is 24.5 Å². The van der Waals surface area contributed by atoms with Gasteiger partial charge in [0.1, 0.15) is 6.33 Å². The van der Waals surface area contributed by atoms with Crippen molar-refractivity contribution in [2.45, 2.75) is 26.9 Å². The molecule has 136 valence electrons. The summed E-state index contributed by atoms with van der Waals surface area (Å²) in [5.74, 6) is 0. The highest BCUT2D eigenvalue weighted by molar-refractivity contribution is 6.31. The van der Waals surface area contributed by atoms with Crippen LogP contribution in [0.3, 0.4) is 0 Å². The molecule has 0 spiro atoms. The molecule has 2 aromatic carbocycles. The standard InChI is InChI=1S/C20H18ClN5O/c1-13-7-8-15(9-14(13)2)10-25-12-22-19-18(20(25)27)23-24-26(19)11-16-5-3-4-6-17(16)21/h3-9,12H,10-11H2,1-2H3. The van der Waals surface area contributed by atoms with Gasteiger partial charge in [-0.2, -0.15) is 0 Å². The molecule has 0 radical (unpaired) electrons. The van der Waals surface area contributed by atoms with E-state index in [0.717, 1.165) is 11.1 Å². The minimum atomic E-state index is -0.205. The normalized spacial score (nSPS) is 11.2. The van der Waals surface area contributed by atoms with Gasteiger partial charge in [-0.05, 0) is 42.2 Å². The highest BCUT2D eigenvalue weighted by Gasteiger charge is 2.13. The predicted molar refractivity (Wildman–Crippen MR) is 105 cm³/mol. The smallest absolute Gasteiger partial charge is 0.283 e. The maximum absolute atomic E-state index is 12.8. The Kier molecular flexibility index (Phi) is 4.49. The van der Waals surface area contributed by atoms with E-state index in [4.69, 9.17) is 11.6 Å². The molecule has 0 bridgehead atoms. The summed E-state index contributed by atoms with van der Waals surface area (Å²) in [5, 5.41) is 8.79.